The molecule has 0 saturated heterocycles. The SMILES string of the molecule is Cc1ccc(OC(=O)Nc2ccc3ncccc3c2)cc1. The van der Waals surface area contributed by atoms with E-state index in [1.807, 2.05) is 43.3 Å². The molecule has 3 rings (SSSR count). The van der Waals surface area contributed by atoms with E-state index < -0.39 is 6.09 Å². The second kappa shape index (κ2) is 5.63. The van der Waals surface area contributed by atoms with Crippen molar-refractivity contribution in [3.63, 3.8) is 0 Å². The van der Waals surface area contributed by atoms with Crippen LogP contribution in [-0.2, 0) is 0 Å². The van der Waals surface area contributed by atoms with Crippen LogP contribution in [0, 0.1) is 6.92 Å². The van der Waals surface area contributed by atoms with Gasteiger partial charge in [0.05, 0.1) is 5.52 Å². The summed E-state index contributed by atoms with van der Waals surface area (Å²) in [5, 5.41) is 3.67. The van der Waals surface area contributed by atoms with Crippen molar-refractivity contribution in [1.29, 1.82) is 0 Å². The Hall–Kier alpha value is -2.88. The normalized spacial score (nSPS) is 10.3. The minimum Gasteiger partial charge on any atom is -0.410 e. The third kappa shape index (κ3) is 3.17. The molecule has 0 bridgehead atoms. The highest BCUT2D eigenvalue weighted by Crippen LogP contribution is 2.18. The Bertz CT molecular complexity index is 782. The van der Waals surface area contributed by atoms with Gasteiger partial charge in [0.25, 0.3) is 0 Å². The number of hydrogen-bond donors (Lipinski definition) is 1. The van der Waals surface area contributed by atoms with Gasteiger partial charge in [-0.05, 0) is 43.3 Å². The van der Waals surface area contributed by atoms with Gasteiger partial charge in [-0.15, -0.1) is 0 Å². The summed E-state index contributed by atoms with van der Waals surface area (Å²) in [6, 6.07) is 16.6. The van der Waals surface area contributed by atoms with Crippen LogP contribution in [0.15, 0.2) is 60.8 Å². The summed E-state index contributed by atoms with van der Waals surface area (Å²) < 4.78 is 5.22. The molecule has 1 amide bonds. The first-order valence-corrected chi connectivity index (χ1v) is 6.61. The molecule has 3 aromatic rings. The maximum Gasteiger partial charge on any atom is 0.417 e. The predicted molar refractivity (Wildman–Crippen MR) is 82.6 cm³/mol. The molecule has 0 atom stereocenters. The lowest BCUT2D eigenvalue weighted by Crippen LogP contribution is -2.16. The van der Waals surface area contributed by atoms with Gasteiger partial charge >= 0.3 is 6.09 Å². The molecule has 0 radical (unpaired) electrons. The average Bonchev–Trinajstić information content (AvgIpc) is 2.49. The molecule has 0 aliphatic heterocycles. The molecule has 104 valence electrons. The molecule has 0 aliphatic rings. The van der Waals surface area contributed by atoms with Crippen LogP contribution in [0.4, 0.5) is 10.5 Å². The first-order valence-electron chi connectivity index (χ1n) is 6.61. The molecule has 4 heteroatoms. The Balaban J connectivity index is 1.72. The molecule has 0 fully saturated rings. The second-order valence-electron chi connectivity index (χ2n) is 4.74. The Kier molecular flexibility index (Phi) is 3.51. The molecule has 21 heavy (non-hydrogen) atoms. The number of fused-ring (bicyclic) bond motifs is 1. The lowest BCUT2D eigenvalue weighted by molar-refractivity contribution is 0.215. The van der Waals surface area contributed by atoms with Crippen molar-refractivity contribution in [3.8, 4) is 5.75 Å². The highest BCUT2D eigenvalue weighted by Gasteiger charge is 2.05. The van der Waals surface area contributed by atoms with Crippen molar-refractivity contribution in [1.82, 2.24) is 4.98 Å². The van der Waals surface area contributed by atoms with Crippen molar-refractivity contribution >= 4 is 22.7 Å². The molecule has 0 unspecified atom stereocenters. The van der Waals surface area contributed by atoms with Gasteiger partial charge in [-0.3, -0.25) is 10.3 Å². The Labute approximate surface area is 122 Å². The maximum absolute atomic E-state index is 11.9. The minimum atomic E-state index is -0.512. The van der Waals surface area contributed by atoms with Gasteiger partial charge in [0, 0.05) is 17.3 Å². The van der Waals surface area contributed by atoms with E-state index in [1.165, 1.54) is 0 Å². The topological polar surface area (TPSA) is 51.2 Å². The van der Waals surface area contributed by atoms with E-state index in [4.69, 9.17) is 4.74 Å². The highest BCUT2D eigenvalue weighted by atomic mass is 16.6. The van der Waals surface area contributed by atoms with Crippen molar-refractivity contribution in [2.75, 3.05) is 5.32 Å². The highest BCUT2D eigenvalue weighted by molar-refractivity contribution is 5.90. The number of carbonyl (C=O) groups is 1. The zero-order valence-corrected chi connectivity index (χ0v) is 11.5. The Morgan fingerprint density at radius 3 is 2.71 bits per heavy atom. The van der Waals surface area contributed by atoms with E-state index in [9.17, 15) is 4.79 Å². The van der Waals surface area contributed by atoms with Crippen molar-refractivity contribution in [2.45, 2.75) is 6.92 Å². The molecular formula is C17H14N2O2. The fourth-order valence-corrected chi connectivity index (χ4v) is 2.01. The number of carbonyl (C=O) groups excluding carboxylic acids is 1. The number of ether oxygens (including phenoxy) is 1. The molecule has 0 aliphatic carbocycles. The van der Waals surface area contributed by atoms with Gasteiger partial charge in [-0.1, -0.05) is 23.8 Å². The summed E-state index contributed by atoms with van der Waals surface area (Å²) in [6.45, 7) is 1.98. The van der Waals surface area contributed by atoms with E-state index in [2.05, 4.69) is 10.3 Å². The quantitative estimate of drug-likeness (QED) is 0.766. The van der Waals surface area contributed by atoms with E-state index in [-0.39, 0.29) is 0 Å². The summed E-state index contributed by atoms with van der Waals surface area (Å²) in [4.78, 5) is 16.1. The fraction of sp³-hybridized carbons (Fsp3) is 0.0588. The fourth-order valence-electron chi connectivity index (χ4n) is 2.01. The number of aromatic nitrogens is 1. The molecular weight excluding hydrogens is 264 g/mol. The summed E-state index contributed by atoms with van der Waals surface area (Å²) in [5.74, 6) is 0.514. The monoisotopic (exact) mass is 278 g/mol. The van der Waals surface area contributed by atoms with Crippen LogP contribution in [0.5, 0.6) is 5.75 Å². The second-order valence-corrected chi connectivity index (χ2v) is 4.74. The lowest BCUT2D eigenvalue weighted by atomic mass is 10.2. The number of benzene rings is 2. The number of pyridine rings is 1. The van der Waals surface area contributed by atoms with E-state index in [0.29, 0.717) is 11.4 Å². The van der Waals surface area contributed by atoms with Gasteiger partial charge < -0.3 is 4.74 Å². The van der Waals surface area contributed by atoms with Gasteiger partial charge in [0.15, 0.2) is 0 Å². The van der Waals surface area contributed by atoms with Crippen LogP contribution < -0.4 is 10.1 Å². The number of hydrogen-bond acceptors (Lipinski definition) is 3. The number of nitrogens with zero attached hydrogens (tertiary/aromatic N) is 1. The molecule has 0 spiro atoms. The van der Waals surface area contributed by atoms with Gasteiger partial charge in [-0.25, -0.2) is 4.79 Å². The third-order valence-electron chi connectivity index (χ3n) is 3.08. The standard InChI is InChI=1S/C17H14N2O2/c1-12-4-7-15(8-5-12)21-17(20)19-14-6-9-16-13(11-14)3-2-10-18-16/h2-11H,1H3,(H,19,20). The maximum atomic E-state index is 11.9. The first kappa shape index (κ1) is 13.1. The molecule has 0 saturated carbocycles. The summed E-state index contributed by atoms with van der Waals surface area (Å²) in [5.41, 5.74) is 2.67. The predicted octanol–water partition coefficient (Wildman–Crippen LogP) is 4.15. The molecule has 1 heterocycles. The number of aryl methyl sites for hydroxylation is 1. The average molecular weight is 278 g/mol. The number of anilines is 1. The zero-order valence-electron chi connectivity index (χ0n) is 11.5. The van der Waals surface area contributed by atoms with E-state index in [1.54, 1.807) is 24.4 Å². The van der Waals surface area contributed by atoms with Crippen molar-refractivity contribution in [3.05, 3.63) is 66.4 Å². The van der Waals surface area contributed by atoms with Crippen LogP contribution in [0.25, 0.3) is 10.9 Å². The Morgan fingerprint density at radius 1 is 1.10 bits per heavy atom. The summed E-state index contributed by atoms with van der Waals surface area (Å²) >= 11 is 0. The first-order chi connectivity index (χ1) is 10.2. The van der Waals surface area contributed by atoms with Crippen molar-refractivity contribution in [2.24, 2.45) is 0 Å². The lowest BCUT2D eigenvalue weighted by Gasteiger charge is -2.07. The van der Waals surface area contributed by atoms with Crippen LogP contribution >= 0.6 is 0 Å². The molecule has 2 aromatic carbocycles. The van der Waals surface area contributed by atoms with Crippen LogP contribution in [0.3, 0.4) is 0 Å². The minimum absolute atomic E-state index is 0.512. The van der Waals surface area contributed by atoms with Gasteiger partial charge in [0.1, 0.15) is 5.75 Å². The summed E-state index contributed by atoms with van der Waals surface area (Å²) in [7, 11) is 0. The molecule has 4 nitrogen and oxygen atoms in total. The zero-order chi connectivity index (χ0) is 14.7. The Morgan fingerprint density at radius 2 is 1.90 bits per heavy atom. The number of nitrogens with one attached hydrogen (secondary N) is 1. The molecule has 1 N–H and O–H groups in total. The largest absolute Gasteiger partial charge is 0.417 e. The van der Waals surface area contributed by atoms with Gasteiger partial charge in [0.2, 0.25) is 0 Å². The van der Waals surface area contributed by atoms with E-state index in [0.717, 1.165) is 16.5 Å². The number of amides is 1. The number of rotatable bonds is 2. The smallest absolute Gasteiger partial charge is 0.410 e. The molecule has 1 aromatic heterocycles. The van der Waals surface area contributed by atoms with E-state index >= 15 is 0 Å². The third-order valence-corrected chi connectivity index (χ3v) is 3.08. The van der Waals surface area contributed by atoms with Crippen molar-refractivity contribution < 1.29 is 9.53 Å². The van der Waals surface area contributed by atoms with Gasteiger partial charge in [-0.2, -0.15) is 0 Å². The van der Waals surface area contributed by atoms with Crippen LogP contribution in [-0.4, -0.2) is 11.1 Å². The van der Waals surface area contributed by atoms with Crippen LogP contribution in [0.2, 0.25) is 0 Å². The van der Waals surface area contributed by atoms with Crippen LogP contribution in [0.1, 0.15) is 5.56 Å². The summed E-state index contributed by atoms with van der Waals surface area (Å²) in [6.07, 6.45) is 1.23.